The minimum Gasteiger partial charge on any atom is -0.447 e. The average molecular weight is 549 g/mol. The maximum Gasteiger partial charge on any atom is 0.416 e. The van der Waals surface area contributed by atoms with Gasteiger partial charge in [0.25, 0.3) is 0 Å². The van der Waals surface area contributed by atoms with E-state index < -0.39 is 12.0 Å². The summed E-state index contributed by atoms with van der Waals surface area (Å²) in [4.78, 5) is 30.2. The van der Waals surface area contributed by atoms with Crippen molar-refractivity contribution in [1.82, 2.24) is 9.80 Å². The standard InChI is InChI=1S/C33H38F2N2O3/c1-23-18-27(19-24(2)31(23)35)20-28(15-17-36(3)16-7-10-25-11-13-29(34)14-12-25)32(38)37-30(22-40-33(37)39)21-26-8-5-4-6-9-26/h4-6,8-9,11-14,18-19,28,30H,7,10,15-17,20-22H2,1-3H3/t28-,30+/m0/s1. The summed E-state index contributed by atoms with van der Waals surface area (Å²) in [6.45, 7) is 5.10. The molecule has 3 aromatic rings. The van der Waals surface area contributed by atoms with Crippen molar-refractivity contribution in [3.05, 3.63) is 106 Å². The highest BCUT2D eigenvalue weighted by atomic mass is 19.1. The van der Waals surface area contributed by atoms with Gasteiger partial charge in [-0.05, 0) is 106 Å². The van der Waals surface area contributed by atoms with Gasteiger partial charge >= 0.3 is 6.09 Å². The van der Waals surface area contributed by atoms with Gasteiger partial charge in [-0.3, -0.25) is 4.79 Å². The number of amides is 2. The summed E-state index contributed by atoms with van der Waals surface area (Å²) in [5.74, 6) is -1.19. The predicted molar refractivity (Wildman–Crippen MR) is 152 cm³/mol. The monoisotopic (exact) mass is 548 g/mol. The Hall–Kier alpha value is -3.58. The van der Waals surface area contributed by atoms with E-state index in [2.05, 4.69) is 4.90 Å². The van der Waals surface area contributed by atoms with Gasteiger partial charge in [0.2, 0.25) is 5.91 Å². The summed E-state index contributed by atoms with van der Waals surface area (Å²) in [5, 5.41) is 0. The SMILES string of the molecule is Cc1cc(C[C@H](CCN(C)CCCc2ccc(F)cc2)C(=O)N2C(=O)OC[C@H]2Cc2ccccc2)cc(C)c1F. The van der Waals surface area contributed by atoms with Gasteiger partial charge in [-0.2, -0.15) is 0 Å². The zero-order chi connectivity index (χ0) is 28.6. The van der Waals surface area contributed by atoms with Crippen LogP contribution in [0.5, 0.6) is 0 Å². The first-order valence-electron chi connectivity index (χ1n) is 13.9. The van der Waals surface area contributed by atoms with Crippen LogP contribution in [0.4, 0.5) is 13.6 Å². The highest BCUT2D eigenvalue weighted by Gasteiger charge is 2.40. The summed E-state index contributed by atoms with van der Waals surface area (Å²) in [7, 11) is 2.01. The molecule has 0 unspecified atom stereocenters. The van der Waals surface area contributed by atoms with E-state index in [-0.39, 0.29) is 30.2 Å². The van der Waals surface area contributed by atoms with E-state index in [4.69, 9.17) is 4.74 Å². The lowest BCUT2D eigenvalue weighted by Gasteiger charge is -2.27. The number of nitrogens with zero attached hydrogens (tertiary/aromatic N) is 2. The van der Waals surface area contributed by atoms with E-state index in [0.717, 1.165) is 36.1 Å². The molecular weight excluding hydrogens is 510 g/mol. The molecule has 1 saturated heterocycles. The fraction of sp³-hybridized carbons (Fsp3) is 0.394. The third-order valence-corrected chi connectivity index (χ3v) is 7.62. The Labute approximate surface area is 235 Å². The van der Waals surface area contributed by atoms with Crippen LogP contribution in [0.3, 0.4) is 0 Å². The van der Waals surface area contributed by atoms with E-state index in [9.17, 15) is 18.4 Å². The Balaban J connectivity index is 1.45. The first-order chi connectivity index (χ1) is 19.2. The van der Waals surface area contributed by atoms with Gasteiger partial charge < -0.3 is 9.64 Å². The van der Waals surface area contributed by atoms with Gasteiger partial charge in [-0.25, -0.2) is 18.5 Å². The molecule has 1 aliphatic rings. The van der Waals surface area contributed by atoms with E-state index >= 15 is 0 Å². The van der Waals surface area contributed by atoms with Crippen molar-refractivity contribution in [3.8, 4) is 0 Å². The summed E-state index contributed by atoms with van der Waals surface area (Å²) >= 11 is 0. The molecule has 0 N–H and O–H groups in total. The van der Waals surface area contributed by atoms with Crippen LogP contribution in [0.25, 0.3) is 0 Å². The van der Waals surface area contributed by atoms with Crippen molar-refractivity contribution in [2.45, 2.75) is 52.0 Å². The van der Waals surface area contributed by atoms with Crippen molar-refractivity contribution in [3.63, 3.8) is 0 Å². The molecule has 3 aromatic carbocycles. The second-order valence-corrected chi connectivity index (χ2v) is 10.9. The third kappa shape index (κ3) is 7.75. The quantitative estimate of drug-likeness (QED) is 0.267. The molecule has 7 heteroatoms. The first kappa shape index (κ1) is 29.4. The largest absolute Gasteiger partial charge is 0.447 e. The number of carbonyl (C=O) groups is 2. The molecule has 2 atom stereocenters. The number of aryl methyl sites for hydroxylation is 3. The molecule has 212 valence electrons. The smallest absolute Gasteiger partial charge is 0.416 e. The Kier molecular flexibility index (Phi) is 10.0. The van der Waals surface area contributed by atoms with Crippen LogP contribution in [0.1, 0.15) is 40.7 Å². The van der Waals surface area contributed by atoms with Crippen molar-refractivity contribution < 1.29 is 23.1 Å². The lowest BCUT2D eigenvalue weighted by molar-refractivity contribution is -0.133. The fourth-order valence-electron chi connectivity index (χ4n) is 5.41. The van der Waals surface area contributed by atoms with Crippen molar-refractivity contribution >= 4 is 12.0 Å². The minimum absolute atomic E-state index is 0.171. The van der Waals surface area contributed by atoms with Crippen LogP contribution >= 0.6 is 0 Å². The van der Waals surface area contributed by atoms with E-state index in [1.807, 2.05) is 37.4 Å². The number of cyclic esters (lactones) is 1. The molecule has 4 rings (SSSR count). The number of rotatable bonds is 12. The lowest BCUT2D eigenvalue weighted by Crippen LogP contribution is -2.44. The van der Waals surface area contributed by atoms with Crippen LogP contribution in [0.15, 0.2) is 66.7 Å². The number of hydrogen-bond acceptors (Lipinski definition) is 4. The molecule has 5 nitrogen and oxygen atoms in total. The summed E-state index contributed by atoms with van der Waals surface area (Å²) in [5.41, 5.74) is 4.08. The Morgan fingerprint density at radius 3 is 2.33 bits per heavy atom. The molecule has 1 fully saturated rings. The Bertz CT molecular complexity index is 1270. The number of hydrogen-bond donors (Lipinski definition) is 0. The zero-order valence-electron chi connectivity index (χ0n) is 23.5. The predicted octanol–water partition coefficient (Wildman–Crippen LogP) is 6.29. The molecule has 0 spiro atoms. The first-order valence-corrected chi connectivity index (χ1v) is 13.9. The maximum atomic E-state index is 14.3. The zero-order valence-corrected chi connectivity index (χ0v) is 23.5. The van der Waals surface area contributed by atoms with Gasteiger partial charge in [0.05, 0.1) is 6.04 Å². The molecule has 0 aromatic heterocycles. The Morgan fingerprint density at radius 2 is 1.65 bits per heavy atom. The number of imide groups is 1. The molecule has 40 heavy (non-hydrogen) atoms. The van der Waals surface area contributed by atoms with Crippen molar-refractivity contribution in [2.24, 2.45) is 5.92 Å². The van der Waals surface area contributed by atoms with Gasteiger partial charge in [-0.15, -0.1) is 0 Å². The molecule has 0 aliphatic carbocycles. The number of ether oxygens (including phenoxy) is 1. The fourth-order valence-corrected chi connectivity index (χ4v) is 5.41. The third-order valence-electron chi connectivity index (χ3n) is 7.62. The minimum atomic E-state index is -0.602. The highest BCUT2D eigenvalue weighted by Crippen LogP contribution is 2.25. The van der Waals surface area contributed by atoms with Crippen LogP contribution < -0.4 is 0 Å². The summed E-state index contributed by atoms with van der Waals surface area (Å²) in [6.07, 6.45) is 2.62. The topological polar surface area (TPSA) is 49.9 Å². The molecule has 0 bridgehead atoms. The van der Waals surface area contributed by atoms with Gasteiger partial charge in [0.1, 0.15) is 18.2 Å². The van der Waals surface area contributed by atoms with Crippen LogP contribution in [0, 0.1) is 31.4 Å². The maximum absolute atomic E-state index is 14.3. The molecule has 0 radical (unpaired) electrons. The van der Waals surface area contributed by atoms with E-state index in [1.165, 1.54) is 17.0 Å². The van der Waals surface area contributed by atoms with Gasteiger partial charge in [0.15, 0.2) is 0 Å². The normalized spacial score (nSPS) is 15.9. The number of benzene rings is 3. The van der Waals surface area contributed by atoms with Crippen molar-refractivity contribution in [1.29, 1.82) is 0 Å². The molecule has 1 aliphatic heterocycles. The summed E-state index contributed by atoms with van der Waals surface area (Å²) in [6, 6.07) is 19.5. The lowest BCUT2D eigenvalue weighted by atomic mass is 9.92. The molecular formula is C33H38F2N2O3. The van der Waals surface area contributed by atoms with Gasteiger partial charge in [0, 0.05) is 5.92 Å². The van der Waals surface area contributed by atoms with Crippen LogP contribution in [-0.4, -0.2) is 54.6 Å². The molecule has 0 saturated carbocycles. The highest BCUT2D eigenvalue weighted by molar-refractivity contribution is 5.95. The summed E-state index contributed by atoms with van der Waals surface area (Å²) < 4.78 is 32.8. The van der Waals surface area contributed by atoms with Crippen LogP contribution in [0.2, 0.25) is 0 Å². The van der Waals surface area contributed by atoms with Crippen LogP contribution in [-0.2, 0) is 28.8 Å². The van der Waals surface area contributed by atoms with E-state index in [0.29, 0.717) is 36.9 Å². The molecule has 2 amide bonds. The Morgan fingerprint density at radius 1 is 0.975 bits per heavy atom. The second-order valence-electron chi connectivity index (χ2n) is 10.9. The van der Waals surface area contributed by atoms with E-state index in [1.54, 1.807) is 38.1 Å². The van der Waals surface area contributed by atoms with Crippen molar-refractivity contribution in [2.75, 3.05) is 26.7 Å². The number of halogens is 2. The molecule has 1 heterocycles. The number of carbonyl (C=O) groups excluding carboxylic acids is 2. The second kappa shape index (κ2) is 13.7. The van der Waals surface area contributed by atoms with Gasteiger partial charge in [-0.1, -0.05) is 54.6 Å². The average Bonchev–Trinajstić information content (AvgIpc) is 3.30.